The van der Waals surface area contributed by atoms with Crippen LogP contribution in [0.3, 0.4) is 0 Å². The van der Waals surface area contributed by atoms with Crippen LogP contribution < -0.4 is 0 Å². The molecular weight excluding hydrogens is 284 g/mol. The van der Waals surface area contributed by atoms with E-state index in [-0.39, 0.29) is 17.4 Å². The highest BCUT2D eigenvalue weighted by Crippen LogP contribution is 2.66. The molecule has 0 aromatic carbocycles. The molecule has 132 valence electrons. The molecule has 0 aliphatic heterocycles. The highest BCUT2D eigenvalue weighted by atomic mass is 16.3. The number of hydrogen-bond donors (Lipinski definition) is 2. The van der Waals surface area contributed by atoms with Crippen LogP contribution in [0.1, 0.15) is 79.1 Å². The molecule has 3 aliphatic carbocycles. The zero-order chi connectivity index (χ0) is 16.9. The van der Waals surface area contributed by atoms with E-state index in [1.165, 1.54) is 24.8 Å². The van der Waals surface area contributed by atoms with Crippen LogP contribution in [0.4, 0.5) is 0 Å². The summed E-state index contributed by atoms with van der Waals surface area (Å²) in [5, 5.41) is 21.4. The Kier molecular flexibility index (Phi) is 4.47. The molecule has 2 fully saturated rings. The lowest BCUT2D eigenvalue weighted by atomic mass is 9.42. The van der Waals surface area contributed by atoms with E-state index in [4.69, 9.17) is 0 Å². The fraction of sp³-hybridized carbons (Fsp3) is 0.905. The van der Waals surface area contributed by atoms with E-state index >= 15 is 0 Å². The maximum Gasteiger partial charge on any atom is 0.0804 e. The summed E-state index contributed by atoms with van der Waals surface area (Å²) in [6, 6.07) is 0. The zero-order valence-corrected chi connectivity index (χ0v) is 15.6. The Morgan fingerprint density at radius 1 is 1.09 bits per heavy atom. The van der Waals surface area contributed by atoms with E-state index in [2.05, 4.69) is 33.8 Å². The lowest BCUT2D eigenvalue weighted by Gasteiger charge is -2.63. The van der Waals surface area contributed by atoms with Crippen molar-refractivity contribution < 1.29 is 10.2 Å². The second-order valence-electron chi connectivity index (χ2n) is 9.55. The van der Waals surface area contributed by atoms with Crippen LogP contribution in [0.25, 0.3) is 0 Å². The minimum Gasteiger partial charge on any atom is -0.396 e. The van der Waals surface area contributed by atoms with E-state index in [1.807, 2.05) is 0 Å². The maximum atomic E-state index is 11.0. The van der Waals surface area contributed by atoms with Gasteiger partial charge in [0.1, 0.15) is 0 Å². The molecule has 5 unspecified atom stereocenters. The monoisotopic (exact) mass is 320 g/mol. The summed E-state index contributed by atoms with van der Waals surface area (Å²) in [4.78, 5) is 0. The Balaban J connectivity index is 2.03. The van der Waals surface area contributed by atoms with Gasteiger partial charge in [-0.1, -0.05) is 45.8 Å². The molecule has 0 amide bonds. The average Bonchev–Trinajstić information content (AvgIpc) is 2.64. The van der Waals surface area contributed by atoms with Crippen LogP contribution in [0.2, 0.25) is 0 Å². The van der Waals surface area contributed by atoms with E-state index in [0.717, 1.165) is 38.0 Å². The molecule has 0 heterocycles. The van der Waals surface area contributed by atoms with Crippen LogP contribution in [0.15, 0.2) is 11.6 Å². The molecule has 0 saturated heterocycles. The largest absolute Gasteiger partial charge is 0.396 e. The summed E-state index contributed by atoms with van der Waals surface area (Å²) < 4.78 is 0. The van der Waals surface area contributed by atoms with Crippen molar-refractivity contribution >= 4 is 0 Å². The van der Waals surface area contributed by atoms with Crippen LogP contribution in [-0.4, -0.2) is 22.9 Å². The highest BCUT2D eigenvalue weighted by Gasteiger charge is 2.61. The number of fused-ring (bicyclic) bond motifs is 3. The molecule has 2 nitrogen and oxygen atoms in total. The number of aliphatic hydroxyl groups excluding tert-OH is 2. The Morgan fingerprint density at radius 2 is 1.83 bits per heavy atom. The third kappa shape index (κ3) is 2.52. The SMILES string of the molecule is CCC1=CC(O)C2(CO)CCC3C(C)(C)CCCC3(C)C2CC1. The predicted molar refractivity (Wildman–Crippen MR) is 95.1 cm³/mol. The van der Waals surface area contributed by atoms with Gasteiger partial charge in [-0.2, -0.15) is 0 Å². The average molecular weight is 321 g/mol. The minimum absolute atomic E-state index is 0.134. The van der Waals surface area contributed by atoms with Crippen molar-refractivity contribution in [1.82, 2.24) is 0 Å². The van der Waals surface area contributed by atoms with Crippen molar-refractivity contribution in [2.75, 3.05) is 6.61 Å². The Labute approximate surface area is 142 Å². The molecule has 2 heteroatoms. The van der Waals surface area contributed by atoms with Crippen LogP contribution in [-0.2, 0) is 0 Å². The highest BCUT2D eigenvalue weighted by molar-refractivity contribution is 5.18. The summed E-state index contributed by atoms with van der Waals surface area (Å²) in [5.41, 5.74) is 1.73. The molecule has 0 aromatic rings. The lowest BCUT2D eigenvalue weighted by Crippen LogP contribution is -2.59. The van der Waals surface area contributed by atoms with Gasteiger partial charge < -0.3 is 10.2 Å². The summed E-state index contributed by atoms with van der Waals surface area (Å²) in [7, 11) is 0. The van der Waals surface area contributed by atoms with Gasteiger partial charge in [-0.3, -0.25) is 0 Å². The molecule has 0 radical (unpaired) electrons. The van der Waals surface area contributed by atoms with Gasteiger partial charge in [0.15, 0.2) is 0 Å². The van der Waals surface area contributed by atoms with Gasteiger partial charge in [0.25, 0.3) is 0 Å². The van der Waals surface area contributed by atoms with Crippen molar-refractivity contribution in [1.29, 1.82) is 0 Å². The van der Waals surface area contributed by atoms with Gasteiger partial charge in [0, 0.05) is 5.41 Å². The van der Waals surface area contributed by atoms with Gasteiger partial charge in [-0.05, 0) is 67.6 Å². The molecule has 3 rings (SSSR count). The first-order chi connectivity index (χ1) is 10.8. The number of allylic oxidation sites excluding steroid dienone is 1. The quantitative estimate of drug-likeness (QED) is 0.724. The summed E-state index contributed by atoms with van der Waals surface area (Å²) in [6.45, 7) is 9.70. The number of hydrogen-bond acceptors (Lipinski definition) is 2. The molecule has 0 aromatic heterocycles. The van der Waals surface area contributed by atoms with E-state index in [9.17, 15) is 10.2 Å². The van der Waals surface area contributed by atoms with Crippen LogP contribution >= 0.6 is 0 Å². The number of aliphatic hydroxyl groups is 2. The van der Waals surface area contributed by atoms with Crippen molar-refractivity contribution in [3.8, 4) is 0 Å². The van der Waals surface area contributed by atoms with E-state index in [1.54, 1.807) is 0 Å². The van der Waals surface area contributed by atoms with Gasteiger partial charge >= 0.3 is 0 Å². The lowest BCUT2D eigenvalue weighted by molar-refractivity contribution is -0.176. The second-order valence-corrected chi connectivity index (χ2v) is 9.55. The molecule has 2 saturated carbocycles. The van der Waals surface area contributed by atoms with Gasteiger partial charge in [-0.15, -0.1) is 0 Å². The third-order valence-electron chi connectivity index (χ3n) is 8.15. The van der Waals surface area contributed by atoms with E-state index < -0.39 is 6.10 Å². The summed E-state index contributed by atoms with van der Waals surface area (Å²) in [5.74, 6) is 1.16. The number of rotatable bonds is 2. The molecule has 5 atom stereocenters. The standard InChI is InChI=1S/C21H36O2/c1-5-15-7-8-17-20(4)11-6-10-19(2,3)16(20)9-12-21(17,14-22)18(23)13-15/h13,16-18,22-23H,5-12,14H2,1-4H3. The summed E-state index contributed by atoms with van der Waals surface area (Å²) in [6.07, 6.45) is 10.9. The predicted octanol–water partition coefficient (Wildman–Crippen LogP) is 4.70. The van der Waals surface area contributed by atoms with Crippen molar-refractivity contribution in [2.24, 2.45) is 28.1 Å². The first kappa shape index (κ1) is 17.5. The second kappa shape index (κ2) is 5.88. The maximum absolute atomic E-state index is 11.0. The normalized spacial score (nSPS) is 46.3. The molecule has 0 bridgehead atoms. The van der Waals surface area contributed by atoms with Crippen molar-refractivity contribution in [3.05, 3.63) is 11.6 Å². The summed E-state index contributed by atoms with van der Waals surface area (Å²) >= 11 is 0. The molecule has 23 heavy (non-hydrogen) atoms. The molecule has 2 N–H and O–H groups in total. The Hall–Kier alpha value is -0.340. The zero-order valence-electron chi connectivity index (χ0n) is 15.6. The molecular formula is C21H36O2. The smallest absolute Gasteiger partial charge is 0.0804 e. The third-order valence-corrected chi connectivity index (χ3v) is 8.15. The van der Waals surface area contributed by atoms with Gasteiger partial charge in [0.2, 0.25) is 0 Å². The van der Waals surface area contributed by atoms with Gasteiger partial charge in [-0.25, -0.2) is 0 Å². The Bertz CT molecular complexity index is 480. The fourth-order valence-corrected chi connectivity index (χ4v) is 6.90. The van der Waals surface area contributed by atoms with Crippen LogP contribution in [0, 0.1) is 28.1 Å². The topological polar surface area (TPSA) is 40.5 Å². The van der Waals surface area contributed by atoms with Crippen molar-refractivity contribution in [3.63, 3.8) is 0 Å². The van der Waals surface area contributed by atoms with Crippen molar-refractivity contribution in [2.45, 2.75) is 85.2 Å². The van der Waals surface area contributed by atoms with Crippen LogP contribution in [0.5, 0.6) is 0 Å². The Morgan fingerprint density at radius 3 is 2.48 bits per heavy atom. The molecule has 3 aliphatic rings. The first-order valence-electron chi connectivity index (χ1n) is 9.78. The van der Waals surface area contributed by atoms with E-state index in [0.29, 0.717) is 11.3 Å². The minimum atomic E-state index is -0.474. The molecule has 0 spiro atoms. The van der Waals surface area contributed by atoms with Gasteiger partial charge in [0.05, 0.1) is 12.7 Å². The fourth-order valence-electron chi connectivity index (χ4n) is 6.90. The first-order valence-corrected chi connectivity index (χ1v) is 9.78.